The van der Waals surface area contributed by atoms with Gasteiger partial charge in [-0.1, -0.05) is 72.8 Å². The highest BCUT2D eigenvalue weighted by Gasteiger charge is 2.59. The third kappa shape index (κ3) is 7.25. The molecule has 9 rings (SSSR count). The molecule has 0 saturated carbocycles. The molecule has 0 N–H and O–H groups in total. The van der Waals surface area contributed by atoms with E-state index in [9.17, 15) is 55.1 Å². The first-order valence-corrected chi connectivity index (χ1v) is 20.5. The van der Waals surface area contributed by atoms with Crippen molar-refractivity contribution in [2.24, 2.45) is 0 Å². The normalized spacial score (nSPS) is 16.3. The average molecular weight is 911 g/mol. The Morgan fingerprint density at radius 3 is 1.44 bits per heavy atom. The molecule has 0 spiro atoms. The maximum absolute atomic E-state index is 14.6. The van der Waals surface area contributed by atoms with E-state index in [4.69, 9.17) is 14.2 Å². The minimum absolute atomic E-state index is 0.0530. The number of carbonyl (C=O) groups is 6. The number of carbonyl (C=O) groups excluding carboxylic acids is 6. The smallest absolute Gasteiger partial charge is 0.416 e. The predicted molar refractivity (Wildman–Crippen MR) is 220 cm³/mol. The van der Waals surface area contributed by atoms with Crippen molar-refractivity contribution in [1.29, 1.82) is 0 Å². The molecule has 0 fully saturated rings. The Kier molecular flexibility index (Phi) is 10.2. The Balaban J connectivity index is 1.20. The summed E-state index contributed by atoms with van der Waals surface area (Å²) in [4.78, 5) is 82.6. The molecule has 320 valence electrons. The van der Waals surface area contributed by atoms with Gasteiger partial charge < -0.3 is 14.2 Å². The molecule has 6 aromatic rings. The van der Waals surface area contributed by atoms with Crippen LogP contribution in [0.5, 0.6) is 5.75 Å². The second-order valence-electron chi connectivity index (χ2n) is 14.6. The number of Topliss-reactive ketones (excluding diaryl/α,β-unsaturated/α-hetero) is 4. The summed E-state index contributed by atoms with van der Waals surface area (Å²) in [6, 6.07) is 24.3. The van der Waals surface area contributed by atoms with Gasteiger partial charge in [0.15, 0.2) is 0 Å². The van der Waals surface area contributed by atoms with Gasteiger partial charge >= 0.3 is 29.9 Å². The highest BCUT2D eigenvalue weighted by Crippen LogP contribution is 2.55. The zero-order valence-electron chi connectivity index (χ0n) is 32.2. The maximum Gasteiger partial charge on any atom is 0.416 e. The fourth-order valence-electron chi connectivity index (χ4n) is 7.46. The lowest BCUT2D eigenvalue weighted by atomic mass is 9.90. The molecule has 3 heterocycles. The van der Waals surface area contributed by atoms with E-state index >= 15 is 0 Å². The Morgan fingerprint density at radius 2 is 0.984 bits per heavy atom. The Morgan fingerprint density at radius 1 is 0.547 bits per heavy atom. The lowest BCUT2D eigenvalue weighted by molar-refractivity contribution is -0.183. The lowest BCUT2D eigenvalue weighted by Crippen LogP contribution is -2.52. The molecular formula is C47H24F6O9S2. The van der Waals surface area contributed by atoms with Crippen LogP contribution in [0.25, 0.3) is 33.1 Å². The number of allylic oxidation sites excluding steroid dienone is 2. The molecule has 17 heteroatoms. The van der Waals surface area contributed by atoms with Crippen molar-refractivity contribution in [2.75, 3.05) is 0 Å². The van der Waals surface area contributed by atoms with Gasteiger partial charge in [-0.15, -0.1) is 22.7 Å². The third-order valence-electron chi connectivity index (χ3n) is 10.6. The molecule has 2 aliphatic carbocycles. The van der Waals surface area contributed by atoms with Gasteiger partial charge in [0.1, 0.15) is 19.0 Å². The molecule has 4 aromatic carbocycles. The van der Waals surface area contributed by atoms with Gasteiger partial charge in [0.25, 0.3) is 0 Å². The van der Waals surface area contributed by atoms with Gasteiger partial charge in [-0.3, -0.25) is 19.2 Å². The number of alkyl halides is 6. The number of rotatable bonds is 8. The first-order chi connectivity index (χ1) is 30.4. The Labute approximate surface area is 364 Å². The monoisotopic (exact) mass is 910 g/mol. The van der Waals surface area contributed by atoms with Crippen LogP contribution in [-0.2, 0) is 59.8 Å². The summed E-state index contributed by atoms with van der Waals surface area (Å²) in [5.74, 6) is -7.07. The van der Waals surface area contributed by atoms with Gasteiger partial charge in [-0.05, 0) is 70.8 Å². The number of thiophene rings is 2. The summed E-state index contributed by atoms with van der Waals surface area (Å²) in [6.07, 6.45) is -7.10. The van der Waals surface area contributed by atoms with Crippen LogP contribution < -0.4 is 4.74 Å². The zero-order valence-corrected chi connectivity index (χ0v) is 33.9. The first kappa shape index (κ1) is 42.1. The van der Waals surface area contributed by atoms with Crippen LogP contribution in [0.1, 0.15) is 69.4 Å². The van der Waals surface area contributed by atoms with E-state index in [1.54, 1.807) is 60.7 Å². The molecular weight excluding hydrogens is 887 g/mol. The van der Waals surface area contributed by atoms with Crippen LogP contribution in [0.3, 0.4) is 0 Å². The zero-order chi connectivity index (χ0) is 45.3. The molecule has 2 aromatic heterocycles. The summed E-state index contributed by atoms with van der Waals surface area (Å²) >= 11 is 1.87. The molecule has 0 saturated heterocycles. The molecule has 64 heavy (non-hydrogen) atoms. The van der Waals surface area contributed by atoms with E-state index in [1.807, 2.05) is 0 Å². The van der Waals surface area contributed by atoms with Gasteiger partial charge in [0, 0.05) is 37.6 Å². The number of benzene rings is 4. The molecule has 0 unspecified atom stereocenters. The summed E-state index contributed by atoms with van der Waals surface area (Å²) in [5.41, 5.74) is -5.57. The highest BCUT2D eigenvalue weighted by atomic mass is 32.1. The van der Waals surface area contributed by atoms with Crippen molar-refractivity contribution >= 4 is 81.0 Å². The standard InChI is InChI=1S/C47H24F6O9S2/c48-46(49,50)25-11-13-29-31(15-25)37(54)39(56)33(29)17-27-19-35-41(63-27)42-36(20-28(64-42)18-34-30-14-12-26(47(51,52)53)16-32(30)38(55)40(34)57)62-45(35,43(58)60-21-23-7-3-1-4-8-23)44(59)61-22-24-9-5-2-6-10-24/h1-20H,21-22H2/b33-17-,34-18-. The second-order valence-corrected chi connectivity index (χ2v) is 16.8. The molecule has 0 amide bonds. The second kappa shape index (κ2) is 15.5. The van der Waals surface area contributed by atoms with Gasteiger partial charge in [-0.2, -0.15) is 26.3 Å². The predicted octanol–water partition coefficient (Wildman–Crippen LogP) is 10.2. The SMILES string of the molecule is O=C1C(=O)c2cc(C(F)(F)F)ccc2/C1=C/c1cc2c(s1)-c1sc(/C=C3\C(=O)C(=O)c4cc(C(F)(F)F)ccc43)cc1C(C(=O)OCc1ccccc1)(C(=O)OCc1ccccc1)O2. The molecule has 0 radical (unpaired) electrons. The summed E-state index contributed by atoms with van der Waals surface area (Å²) in [6.45, 7) is -0.667. The largest absolute Gasteiger partial charge is 0.458 e. The van der Waals surface area contributed by atoms with Crippen LogP contribution in [-0.4, -0.2) is 35.1 Å². The first-order valence-electron chi connectivity index (χ1n) is 18.9. The number of fused-ring (bicyclic) bond motifs is 5. The van der Waals surface area contributed by atoms with Crippen molar-refractivity contribution in [3.63, 3.8) is 0 Å². The maximum atomic E-state index is 14.6. The Hall–Kier alpha value is -7.24. The minimum atomic E-state index is -4.81. The van der Waals surface area contributed by atoms with Crippen LogP contribution in [0.4, 0.5) is 26.3 Å². The van der Waals surface area contributed by atoms with Crippen LogP contribution >= 0.6 is 22.7 Å². The number of ketones is 4. The highest BCUT2D eigenvalue weighted by molar-refractivity contribution is 7.23. The molecule has 9 nitrogen and oxygen atoms in total. The number of esters is 2. The van der Waals surface area contributed by atoms with Gasteiger partial charge in [0.05, 0.1) is 20.9 Å². The molecule has 0 bridgehead atoms. The van der Waals surface area contributed by atoms with Crippen LogP contribution in [0.15, 0.2) is 109 Å². The average Bonchev–Trinajstić information content (AvgIpc) is 4.01. The fraction of sp³-hybridized carbons (Fsp3) is 0.106. The molecule has 1 aliphatic heterocycles. The van der Waals surface area contributed by atoms with E-state index in [-0.39, 0.29) is 66.3 Å². The van der Waals surface area contributed by atoms with E-state index in [2.05, 4.69) is 0 Å². The quantitative estimate of drug-likeness (QED) is 0.0482. The van der Waals surface area contributed by atoms with Crippen molar-refractivity contribution in [1.82, 2.24) is 0 Å². The van der Waals surface area contributed by atoms with E-state index in [0.29, 0.717) is 23.3 Å². The lowest BCUT2D eigenvalue weighted by Gasteiger charge is -2.33. The van der Waals surface area contributed by atoms with Crippen molar-refractivity contribution in [2.45, 2.75) is 31.2 Å². The van der Waals surface area contributed by atoms with Crippen molar-refractivity contribution in [3.05, 3.63) is 169 Å². The number of hydrogen-bond acceptors (Lipinski definition) is 11. The summed E-state index contributed by atoms with van der Waals surface area (Å²) in [7, 11) is 0. The van der Waals surface area contributed by atoms with Crippen LogP contribution in [0.2, 0.25) is 0 Å². The topological polar surface area (TPSA) is 130 Å². The minimum Gasteiger partial charge on any atom is -0.458 e. The Bertz CT molecular complexity index is 3010. The number of hydrogen-bond donors (Lipinski definition) is 0. The molecule has 0 atom stereocenters. The van der Waals surface area contributed by atoms with Gasteiger partial charge in [-0.25, -0.2) is 9.59 Å². The van der Waals surface area contributed by atoms with Gasteiger partial charge in [0.2, 0.25) is 23.1 Å². The van der Waals surface area contributed by atoms with Crippen molar-refractivity contribution < 1.29 is 69.3 Å². The number of ether oxygens (including phenoxy) is 3. The van der Waals surface area contributed by atoms with E-state index < -0.39 is 75.3 Å². The number of halogens is 6. The van der Waals surface area contributed by atoms with E-state index in [1.165, 1.54) is 24.3 Å². The molecule has 3 aliphatic rings. The fourth-order valence-corrected chi connectivity index (χ4v) is 9.78. The third-order valence-corrected chi connectivity index (χ3v) is 12.9. The van der Waals surface area contributed by atoms with E-state index in [0.717, 1.165) is 46.9 Å². The van der Waals surface area contributed by atoms with Crippen molar-refractivity contribution in [3.8, 4) is 15.5 Å². The van der Waals surface area contributed by atoms with Crippen LogP contribution in [0, 0.1) is 0 Å². The summed E-state index contributed by atoms with van der Waals surface area (Å²) in [5, 5.41) is 0. The summed E-state index contributed by atoms with van der Waals surface area (Å²) < 4.78 is 99.3.